The Bertz CT molecular complexity index is 1540. The summed E-state index contributed by atoms with van der Waals surface area (Å²) in [4.78, 5) is 18.0. The van der Waals surface area contributed by atoms with E-state index in [9.17, 15) is 13.2 Å². The van der Waals surface area contributed by atoms with Gasteiger partial charge < -0.3 is 5.32 Å². The van der Waals surface area contributed by atoms with Crippen molar-refractivity contribution in [2.45, 2.75) is 56.4 Å². The molecule has 0 atom stereocenters. The second-order valence-corrected chi connectivity index (χ2v) is 12.6. The predicted molar refractivity (Wildman–Crippen MR) is 140 cm³/mol. The van der Waals surface area contributed by atoms with Crippen LogP contribution in [0.2, 0.25) is 0 Å². The van der Waals surface area contributed by atoms with Crippen molar-refractivity contribution in [2.75, 3.05) is 12.4 Å². The molecule has 6 rings (SSSR count). The van der Waals surface area contributed by atoms with Crippen molar-refractivity contribution < 1.29 is 13.2 Å². The van der Waals surface area contributed by atoms with E-state index in [4.69, 9.17) is 4.98 Å². The molecule has 0 aliphatic heterocycles. The number of carbonyl (C=O) groups excluding carboxylic acids is 1. The van der Waals surface area contributed by atoms with Gasteiger partial charge >= 0.3 is 0 Å². The molecule has 0 bridgehead atoms. The summed E-state index contributed by atoms with van der Waals surface area (Å²) in [5.41, 5.74) is 4.86. The van der Waals surface area contributed by atoms with Crippen LogP contribution in [-0.2, 0) is 22.9 Å². The summed E-state index contributed by atoms with van der Waals surface area (Å²) in [5.74, 6) is 0.179. The molecule has 2 aromatic carbocycles. The monoisotopic (exact) mass is 521 g/mol. The Hall–Kier alpha value is -3.08. The second kappa shape index (κ2) is 8.79. The van der Waals surface area contributed by atoms with Crippen LogP contribution >= 0.6 is 11.3 Å². The molecule has 10 heteroatoms. The maximum absolute atomic E-state index is 13.0. The van der Waals surface area contributed by atoms with Crippen LogP contribution in [0.3, 0.4) is 0 Å². The number of thiazole rings is 1. The van der Waals surface area contributed by atoms with E-state index in [1.54, 1.807) is 41.3 Å². The number of amides is 1. The van der Waals surface area contributed by atoms with Crippen LogP contribution in [0.4, 0.5) is 5.82 Å². The van der Waals surface area contributed by atoms with E-state index in [2.05, 4.69) is 22.5 Å². The first-order chi connectivity index (χ1) is 17.3. The number of rotatable bonds is 6. The van der Waals surface area contributed by atoms with Crippen LogP contribution < -0.4 is 5.32 Å². The molecule has 8 nitrogen and oxygen atoms in total. The topological polar surface area (TPSA) is 97.2 Å². The molecule has 2 aliphatic carbocycles. The van der Waals surface area contributed by atoms with Gasteiger partial charge in [-0.15, -0.1) is 0 Å². The van der Waals surface area contributed by atoms with Crippen LogP contribution in [0.5, 0.6) is 0 Å². The van der Waals surface area contributed by atoms with Gasteiger partial charge in [0.15, 0.2) is 0 Å². The fourth-order valence-electron chi connectivity index (χ4n) is 4.74. The van der Waals surface area contributed by atoms with Crippen LogP contribution in [0.1, 0.15) is 52.9 Å². The number of carbonyl (C=O) groups is 1. The van der Waals surface area contributed by atoms with Gasteiger partial charge in [-0.3, -0.25) is 4.79 Å². The Morgan fingerprint density at radius 2 is 1.78 bits per heavy atom. The zero-order valence-electron chi connectivity index (χ0n) is 20.2. The van der Waals surface area contributed by atoms with Crippen molar-refractivity contribution >= 4 is 43.3 Å². The Morgan fingerprint density at radius 1 is 1.08 bits per heavy atom. The van der Waals surface area contributed by atoms with Crippen LogP contribution in [0.25, 0.3) is 15.3 Å². The fourth-order valence-corrected chi connectivity index (χ4v) is 7.13. The minimum Gasteiger partial charge on any atom is -0.306 e. The van der Waals surface area contributed by atoms with Crippen LogP contribution in [0.15, 0.2) is 47.4 Å². The largest absolute Gasteiger partial charge is 0.306 e. The lowest BCUT2D eigenvalue weighted by Gasteiger charge is -2.16. The van der Waals surface area contributed by atoms with Gasteiger partial charge in [-0.2, -0.15) is 14.1 Å². The molecule has 1 N–H and O–H groups in total. The Balaban J connectivity index is 1.25. The Kier molecular flexibility index (Phi) is 5.70. The van der Waals surface area contributed by atoms with E-state index in [1.807, 2.05) is 6.92 Å². The minimum atomic E-state index is -3.56. The fraction of sp³-hybridized carbons (Fsp3) is 0.346. The lowest BCUT2D eigenvalue weighted by Crippen LogP contribution is -2.29. The number of hydrogen-bond donors (Lipinski definition) is 1. The zero-order valence-corrected chi connectivity index (χ0v) is 21.8. The van der Waals surface area contributed by atoms with E-state index in [1.165, 1.54) is 40.4 Å². The standard InChI is InChI=1S/C26H27N5O3S2/c1-16-13-24(28-25(32)17-7-11-21(12-8-17)36(33,34)30(2)20-9-10-20)31(29-16)26-27-22-14-18-5-3-4-6-19(18)15-23(22)35-26/h7-8,11-15,20H,3-6,9-10H2,1-2H3,(H,28,32). The normalized spacial score (nSPS) is 15.9. The molecular formula is C26H27N5O3S2. The van der Waals surface area contributed by atoms with Gasteiger partial charge in [0.1, 0.15) is 5.82 Å². The van der Waals surface area contributed by atoms with E-state index >= 15 is 0 Å². The zero-order chi connectivity index (χ0) is 25.0. The molecule has 2 heterocycles. The lowest BCUT2D eigenvalue weighted by molar-refractivity contribution is 0.102. The third kappa shape index (κ3) is 4.23. The van der Waals surface area contributed by atoms with E-state index < -0.39 is 10.0 Å². The molecule has 1 fully saturated rings. The van der Waals surface area contributed by atoms with Gasteiger partial charge in [-0.1, -0.05) is 11.3 Å². The van der Waals surface area contributed by atoms with Gasteiger partial charge in [-0.05, 0) is 93.0 Å². The second-order valence-electron chi connectivity index (χ2n) is 9.61. The number of sulfonamides is 1. The van der Waals surface area contributed by atoms with Crippen molar-refractivity contribution in [1.29, 1.82) is 0 Å². The first-order valence-electron chi connectivity index (χ1n) is 12.2. The van der Waals surface area contributed by atoms with Gasteiger partial charge in [0.2, 0.25) is 15.2 Å². The molecular weight excluding hydrogens is 494 g/mol. The highest BCUT2D eigenvalue weighted by Crippen LogP contribution is 2.33. The first-order valence-corrected chi connectivity index (χ1v) is 14.4. The molecule has 36 heavy (non-hydrogen) atoms. The Morgan fingerprint density at radius 3 is 2.47 bits per heavy atom. The average molecular weight is 522 g/mol. The van der Waals surface area contributed by atoms with Crippen molar-refractivity contribution in [3.8, 4) is 5.13 Å². The van der Waals surface area contributed by atoms with E-state index in [0.29, 0.717) is 16.5 Å². The highest BCUT2D eigenvalue weighted by molar-refractivity contribution is 7.89. The van der Waals surface area contributed by atoms with Crippen molar-refractivity contribution in [2.24, 2.45) is 0 Å². The maximum atomic E-state index is 13.0. The molecule has 0 saturated heterocycles. The highest BCUT2D eigenvalue weighted by atomic mass is 32.2. The summed E-state index contributed by atoms with van der Waals surface area (Å²) >= 11 is 1.56. The molecule has 0 unspecified atom stereocenters. The quantitative estimate of drug-likeness (QED) is 0.397. The summed E-state index contributed by atoms with van der Waals surface area (Å²) in [6.07, 6.45) is 6.42. The minimum absolute atomic E-state index is 0.0782. The molecule has 2 aromatic heterocycles. The maximum Gasteiger partial charge on any atom is 0.256 e. The molecule has 186 valence electrons. The molecule has 0 radical (unpaired) electrons. The van der Waals surface area contributed by atoms with E-state index in [-0.39, 0.29) is 16.8 Å². The average Bonchev–Trinajstić information content (AvgIpc) is 3.54. The number of nitrogens with zero attached hydrogens (tertiary/aromatic N) is 4. The smallest absolute Gasteiger partial charge is 0.256 e. The number of hydrogen-bond acceptors (Lipinski definition) is 6. The lowest BCUT2D eigenvalue weighted by atomic mass is 9.92. The van der Waals surface area contributed by atoms with Crippen molar-refractivity contribution in [1.82, 2.24) is 19.1 Å². The molecule has 2 aliphatic rings. The van der Waals surface area contributed by atoms with Crippen LogP contribution in [0, 0.1) is 6.92 Å². The number of nitrogens with one attached hydrogen (secondary N) is 1. The first kappa shape index (κ1) is 23.3. The summed E-state index contributed by atoms with van der Waals surface area (Å²) in [6.45, 7) is 1.87. The number of anilines is 1. The summed E-state index contributed by atoms with van der Waals surface area (Å²) in [5, 5.41) is 8.19. The summed E-state index contributed by atoms with van der Waals surface area (Å²) in [7, 11) is -1.95. The van der Waals surface area contributed by atoms with Gasteiger partial charge in [0, 0.05) is 24.7 Å². The van der Waals surface area contributed by atoms with Gasteiger partial charge in [0.05, 0.1) is 20.8 Å². The summed E-state index contributed by atoms with van der Waals surface area (Å²) in [6, 6.07) is 12.4. The summed E-state index contributed by atoms with van der Waals surface area (Å²) < 4.78 is 29.7. The van der Waals surface area contributed by atoms with E-state index in [0.717, 1.165) is 41.6 Å². The number of aromatic nitrogens is 3. The third-order valence-electron chi connectivity index (χ3n) is 6.95. The third-order valence-corrected chi connectivity index (χ3v) is 9.87. The molecule has 1 amide bonds. The highest BCUT2D eigenvalue weighted by Gasteiger charge is 2.35. The van der Waals surface area contributed by atoms with Crippen LogP contribution in [-0.4, -0.2) is 46.5 Å². The molecule has 1 saturated carbocycles. The van der Waals surface area contributed by atoms with Crippen molar-refractivity contribution in [3.05, 3.63) is 64.8 Å². The molecule has 4 aromatic rings. The van der Waals surface area contributed by atoms with Crippen molar-refractivity contribution in [3.63, 3.8) is 0 Å². The number of aryl methyl sites for hydroxylation is 3. The van der Waals surface area contributed by atoms with Gasteiger partial charge in [-0.25, -0.2) is 13.4 Å². The van der Waals surface area contributed by atoms with Gasteiger partial charge in [0.25, 0.3) is 5.91 Å². The molecule has 0 spiro atoms. The Labute approximate surface area is 214 Å². The number of fused-ring (bicyclic) bond motifs is 2. The predicted octanol–water partition coefficient (Wildman–Crippen LogP) is 4.70. The SMILES string of the molecule is Cc1cc(NC(=O)c2ccc(S(=O)(=O)N(C)C3CC3)cc2)n(-c2nc3cc4c(cc3s2)CCCC4)n1. The number of benzene rings is 2.